The highest BCUT2D eigenvalue weighted by Crippen LogP contribution is 2.25. The Kier molecular flexibility index (Phi) is 5.64. The molecular formula is C17H16Cl2N2O2. The van der Waals surface area contributed by atoms with Crippen LogP contribution in [0, 0.1) is 6.92 Å². The quantitative estimate of drug-likeness (QED) is 0.803. The first-order valence-electron chi connectivity index (χ1n) is 7.08. The number of hydrogen-bond donors (Lipinski definition) is 2. The Hall–Kier alpha value is -2.04. The lowest BCUT2D eigenvalue weighted by atomic mass is 10.1. The number of halogens is 2. The molecule has 23 heavy (non-hydrogen) atoms. The number of anilines is 2. The number of benzene rings is 2. The molecule has 0 saturated heterocycles. The number of rotatable bonds is 3. The molecule has 0 aromatic heterocycles. The Morgan fingerprint density at radius 2 is 1.70 bits per heavy atom. The van der Waals surface area contributed by atoms with E-state index < -0.39 is 11.8 Å². The van der Waals surface area contributed by atoms with E-state index in [9.17, 15) is 9.59 Å². The van der Waals surface area contributed by atoms with Crippen molar-refractivity contribution in [2.24, 2.45) is 0 Å². The third-order valence-corrected chi connectivity index (χ3v) is 4.10. The van der Waals surface area contributed by atoms with Crippen LogP contribution in [0.5, 0.6) is 0 Å². The van der Waals surface area contributed by atoms with Crippen molar-refractivity contribution in [2.45, 2.75) is 20.3 Å². The first kappa shape index (κ1) is 17.3. The fraction of sp³-hybridized carbons (Fsp3) is 0.176. The summed E-state index contributed by atoms with van der Waals surface area (Å²) in [5, 5.41) is 5.84. The standard InChI is InChI=1S/C17H16Cl2N2O2/c1-3-11-6-4-5-10(2)15(11)21-17(23)16(22)20-12-7-8-13(18)14(19)9-12/h4-9H,3H2,1-2H3,(H,20,22)(H,21,23). The maximum absolute atomic E-state index is 12.1. The molecule has 2 rings (SSSR count). The van der Waals surface area contributed by atoms with Crippen LogP contribution in [0.15, 0.2) is 36.4 Å². The second-order valence-electron chi connectivity index (χ2n) is 5.00. The van der Waals surface area contributed by atoms with E-state index in [-0.39, 0.29) is 0 Å². The normalized spacial score (nSPS) is 10.3. The third kappa shape index (κ3) is 4.24. The van der Waals surface area contributed by atoms with E-state index >= 15 is 0 Å². The Morgan fingerprint density at radius 3 is 2.35 bits per heavy atom. The van der Waals surface area contributed by atoms with Crippen LogP contribution in [0.3, 0.4) is 0 Å². The number of carbonyl (C=O) groups excluding carboxylic acids is 2. The summed E-state index contributed by atoms with van der Waals surface area (Å²) < 4.78 is 0. The number of amides is 2. The molecule has 0 unspecified atom stereocenters. The summed E-state index contributed by atoms with van der Waals surface area (Å²) in [5.41, 5.74) is 2.95. The molecule has 0 spiro atoms. The average molecular weight is 351 g/mol. The van der Waals surface area contributed by atoms with Gasteiger partial charge in [-0.05, 0) is 42.7 Å². The summed E-state index contributed by atoms with van der Waals surface area (Å²) >= 11 is 11.7. The predicted octanol–water partition coefficient (Wildman–Crippen LogP) is 4.44. The Morgan fingerprint density at radius 1 is 1.00 bits per heavy atom. The molecule has 0 radical (unpaired) electrons. The van der Waals surface area contributed by atoms with Crippen molar-refractivity contribution in [3.05, 3.63) is 57.6 Å². The molecule has 2 aromatic carbocycles. The molecule has 4 nitrogen and oxygen atoms in total. The molecule has 0 aliphatic rings. The Balaban J connectivity index is 2.12. The van der Waals surface area contributed by atoms with Gasteiger partial charge in [-0.15, -0.1) is 0 Å². The summed E-state index contributed by atoms with van der Waals surface area (Å²) in [6, 6.07) is 10.3. The van der Waals surface area contributed by atoms with E-state index in [2.05, 4.69) is 10.6 Å². The van der Waals surface area contributed by atoms with Crippen LogP contribution in [0.1, 0.15) is 18.1 Å². The molecule has 0 saturated carbocycles. The molecule has 0 aliphatic heterocycles. The van der Waals surface area contributed by atoms with E-state index in [1.54, 1.807) is 12.1 Å². The second kappa shape index (κ2) is 7.49. The zero-order chi connectivity index (χ0) is 17.0. The fourth-order valence-corrected chi connectivity index (χ4v) is 2.43. The van der Waals surface area contributed by atoms with Gasteiger partial charge < -0.3 is 10.6 Å². The Labute approximate surface area is 144 Å². The molecule has 0 aliphatic carbocycles. The molecule has 6 heteroatoms. The van der Waals surface area contributed by atoms with Crippen LogP contribution in [-0.4, -0.2) is 11.8 Å². The molecule has 2 N–H and O–H groups in total. The molecule has 0 fully saturated rings. The monoisotopic (exact) mass is 350 g/mol. The van der Waals surface area contributed by atoms with Gasteiger partial charge in [-0.1, -0.05) is 48.3 Å². The van der Waals surface area contributed by atoms with Crippen LogP contribution in [0.4, 0.5) is 11.4 Å². The number of hydrogen-bond acceptors (Lipinski definition) is 2. The van der Waals surface area contributed by atoms with Crippen molar-refractivity contribution < 1.29 is 9.59 Å². The zero-order valence-electron chi connectivity index (χ0n) is 12.7. The number of aryl methyl sites for hydroxylation is 2. The molecular weight excluding hydrogens is 335 g/mol. The van der Waals surface area contributed by atoms with Gasteiger partial charge in [0, 0.05) is 11.4 Å². The minimum Gasteiger partial charge on any atom is -0.318 e. The van der Waals surface area contributed by atoms with E-state index in [1.165, 1.54) is 6.07 Å². The van der Waals surface area contributed by atoms with Crippen molar-refractivity contribution >= 4 is 46.4 Å². The lowest BCUT2D eigenvalue weighted by Gasteiger charge is -2.13. The minimum atomic E-state index is -0.770. The summed E-state index contributed by atoms with van der Waals surface area (Å²) in [6.07, 6.45) is 0.756. The summed E-state index contributed by atoms with van der Waals surface area (Å²) in [5.74, 6) is -1.51. The van der Waals surface area contributed by atoms with Gasteiger partial charge in [0.1, 0.15) is 0 Å². The third-order valence-electron chi connectivity index (χ3n) is 3.36. The van der Waals surface area contributed by atoms with E-state index in [0.29, 0.717) is 21.4 Å². The van der Waals surface area contributed by atoms with Crippen LogP contribution in [-0.2, 0) is 16.0 Å². The van der Waals surface area contributed by atoms with Gasteiger partial charge in [0.15, 0.2) is 0 Å². The number of para-hydroxylation sites is 1. The van der Waals surface area contributed by atoms with Crippen molar-refractivity contribution in [3.63, 3.8) is 0 Å². The van der Waals surface area contributed by atoms with Gasteiger partial charge in [0.25, 0.3) is 0 Å². The van der Waals surface area contributed by atoms with Gasteiger partial charge in [-0.3, -0.25) is 9.59 Å². The highest BCUT2D eigenvalue weighted by atomic mass is 35.5. The fourth-order valence-electron chi connectivity index (χ4n) is 2.13. The van der Waals surface area contributed by atoms with Gasteiger partial charge in [0.2, 0.25) is 0 Å². The van der Waals surface area contributed by atoms with Crippen molar-refractivity contribution in [1.29, 1.82) is 0 Å². The minimum absolute atomic E-state index is 0.303. The van der Waals surface area contributed by atoms with E-state index in [4.69, 9.17) is 23.2 Å². The highest BCUT2D eigenvalue weighted by Gasteiger charge is 2.17. The smallest absolute Gasteiger partial charge is 0.314 e. The maximum atomic E-state index is 12.1. The SMILES string of the molecule is CCc1cccc(C)c1NC(=O)C(=O)Nc1ccc(Cl)c(Cl)c1. The Bertz CT molecular complexity index is 760. The van der Waals surface area contributed by atoms with Crippen LogP contribution >= 0.6 is 23.2 Å². The molecule has 120 valence electrons. The summed E-state index contributed by atoms with van der Waals surface area (Å²) in [7, 11) is 0. The van der Waals surface area contributed by atoms with Crippen molar-refractivity contribution in [3.8, 4) is 0 Å². The topological polar surface area (TPSA) is 58.2 Å². The van der Waals surface area contributed by atoms with Crippen molar-refractivity contribution in [1.82, 2.24) is 0 Å². The second-order valence-corrected chi connectivity index (χ2v) is 5.81. The van der Waals surface area contributed by atoms with Gasteiger partial charge in [-0.2, -0.15) is 0 Å². The zero-order valence-corrected chi connectivity index (χ0v) is 14.3. The molecule has 0 bridgehead atoms. The van der Waals surface area contributed by atoms with Gasteiger partial charge in [0.05, 0.1) is 10.0 Å². The van der Waals surface area contributed by atoms with Crippen LogP contribution in [0.2, 0.25) is 10.0 Å². The highest BCUT2D eigenvalue weighted by molar-refractivity contribution is 6.44. The molecule has 2 amide bonds. The maximum Gasteiger partial charge on any atom is 0.314 e. The lowest BCUT2D eigenvalue weighted by molar-refractivity contribution is -0.133. The van der Waals surface area contributed by atoms with Crippen molar-refractivity contribution in [2.75, 3.05) is 10.6 Å². The van der Waals surface area contributed by atoms with E-state index in [1.807, 2.05) is 32.0 Å². The largest absolute Gasteiger partial charge is 0.318 e. The first-order valence-corrected chi connectivity index (χ1v) is 7.83. The molecule has 0 atom stereocenters. The van der Waals surface area contributed by atoms with Crippen LogP contribution in [0.25, 0.3) is 0 Å². The molecule has 2 aromatic rings. The summed E-state index contributed by atoms with van der Waals surface area (Å²) in [4.78, 5) is 24.1. The first-order chi connectivity index (χ1) is 10.9. The average Bonchev–Trinajstić information content (AvgIpc) is 2.52. The van der Waals surface area contributed by atoms with Gasteiger partial charge >= 0.3 is 11.8 Å². The van der Waals surface area contributed by atoms with Gasteiger partial charge in [-0.25, -0.2) is 0 Å². The predicted molar refractivity (Wildman–Crippen MR) is 94.3 cm³/mol. The lowest BCUT2D eigenvalue weighted by Crippen LogP contribution is -2.29. The number of carbonyl (C=O) groups is 2. The van der Waals surface area contributed by atoms with E-state index in [0.717, 1.165) is 17.5 Å². The summed E-state index contributed by atoms with van der Waals surface area (Å²) in [6.45, 7) is 3.87. The number of nitrogens with one attached hydrogen (secondary N) is 2. The van der Waals surface area contributed by atoms with Crippen LogP contribution < -0.4 is 10.6 Å². The molecule has 0 heterocycles.